The number of benzene rings is 1. The molecule has 1 aliphatic carbocycles. The van der Waals surface area contributed by atoms with E-state index in [0.717, 1.165) is 44.5 Å². The largest absolute Gasteiger partial charge is 0.444 e. The predicted octanol–water partition coefficient (Wildman–Crippen LogP) is 6.17. The highest BCUT2D eigenvalue weighted by atomic mass is 19.4. The van der Waals surface area contributed by atoms with Crippen LogP contribution in [0, 0.1) is 0 Å². The highest BCUT2D eigenvalue weighted by Gasteiger charge is 2.35. The van der Waals surface area contributed by atoms with Crippen molar-refractivity contribution in [2.75, 3.05) is 30.8 Å². The summed E-state index contributed by atoms with van der Waals surface area (Å²) in [5.41, 5.74) is -0.953. The normalized spacial score (nSPS) is 21.3. The molecular weight excluding hydrogens is 495 g/mol. The Kier molecular flexibility index (Phi) is 8.11. The molecule has 2 unspecified atom stereocenters. The van der Waals surface area contributed by atoms with Crippen LogP contribution in [0.25, 0.3) is 16.3 Å². The fourth-order valence-electron chi connectivity index (χ4n) is 5.14. The molecule has 4 rings (SSSR count). The smallest absolute Gasteiger partial charge is 0.417 e. The number of hydrogen-bond acceptors (Lipinski definition) is 6. The molecule has 2 aliphatic rings. The molecule has 0 bridgehead atoms. The summed E-state index contributed by atoms with van der Waals surface area (Å²) in [6, 6.07) is 7.23. The number of nitrogens with zero attached hydrogens (tertiary/aromatic N) is 2. The molecule has 1 aromatic carbocycles. The van der Waals surface area contributed by atoms with Gasteiger partial charge in [0, 0.05) is 34.6 Å². The van der Waals surface area contributed by atoms with E-state index >= 15 is 0 Å². The number of anilines is 2. The van der Waals surface area contributed by atoms with Crippen molar-refractivity contribution in [1.29, 1.82) is 0 Å². The molecule has 38 heavy (non-hydrogen) atoms. The van der Waals surface area contributed by atoms with Crippen LogP contribution in [0.15, 0.2) is 30.8 Å². The summed E-state index contributed by atoms with van der Waals surface area (Å²) in [4.78, 5) is 18.8. The maximum atomic E-state index is 13.8. The van der Waals surface area contributed by atoms with E-state index in [2.05, 4.69) is 39.5 Å². The van der Waals surface area contributed by atoms with E-state index < -0.39 is 23.4 Å². The van der Waals surface area contributed by atoms with Crippen LogP contribution < -0.4 is 16.0 Å². The summed E-state index contributed by atoms with van der Waals surface area (Å²) in [5, 5.41) is 10.9. The lowest BCUT2D eigenvalue weighted by Gasteiger charge is -2.30. The Morgan fingerprint density at radius 1 is 1.03 bits per heavy atom. The van der Waals surface area contributed by atoms with Crippen molar-refractivity contribution in [3.63, 3.8) is 0 Å². The summed E-state index contributed by atoms with van der Waals surface area (Å²) in [7, 11) is 2.09. The van der Waals surface area contributed by atoms with Gasteiger partial charge in [-0.1, -0.05) is 18.7 Å². The van der Waals surface area contributed by atoms with E-state index in [1.165, 1.54) is 0 Å². The molecule has 1 saturated heterocycles. The number of rotatable bonds is 6. The average Bonchev–Trinajstić information content (AvgIpc) is 3.24. The first kappa shape index (κ1) is 28.0. The number of amides is 1. The molecule has 208 valence electrons. The number of carbonyl (C=O) groups is 1. The zero-order valence-corrected chi connectivity index (χ0v) is 22.5. The van der Waals surface area contributed by atoms with Gasteiger partial charge in [0.1, 0.15) is 11.4 Å². The molecule has 0 radical (unpaired) electrons. The van der Waals surface area contributed by atoms with Gasteiger partial charge in [0.2, 0.25) is 0 Å². The molecule has 2 heterocycles. The summed E-state index contributed by atoms with van der Waals surface area (Å²) in [6.45, 7) is 10.7. The minimum absolute atomic E-state index is 0.0547. The molecular formula is C28H38F3N5O2. The standard InChI is InChI=1S/C28H38F3N5O2/c1-17(28(29,30)31)25-21-7-6-8-23(32-18-11-13-36(5)14-12-18)22(21)16-24(35-25)33-19-9-10-20(15-19)34-26(37)38-27(2,3)4/h6-8,16,18-20,32H,1,9-15H2,2-5H3,(H,33,35)(H,34,37). The summed E-state index contributed by atoms with van der Waals surface area (Å²) >= 11 is 0. The van der Waals surface area contributed by atoms with E-state index in [9.17, 15) is 18.0 Å². The second kappa shape index (κ2) is 11.0. The zero-order chi connectivity index (χ0) is 27.7. The van der Waals surface area contributed by atoms with Crippen LogP contribution in [-0.4, -0.2) is 66.0 Å². The monoisotopic (exact) mass is 533 g/mol. The Labute approximate surface area is 222 Å². The molecule has 3 N–H and O–H groups in total. The van der Waals surface area contributed by atoms with Crippen LogP contribution in [0.3, 0.4) is 0 Å². The number of halogens is 3. The van der Waals surface area contributed by atoms with Gasteiger partial charge >= 0.3 is 12.3 Å². The quantitative estimate of drug-likeness (QED) is 0.412. The summed E-state index contributed by atoms with van der Waals surface area (Å²) in [5.74, 6) is 0.360. The number of alkyl halides is 3. The van der Waals surface area contributed by atoms with Gasteiger partial charge in [-0.2, -0.15) is 13.2 Å². The van der Waals surface area contributed by atoms with Crippen LogP contribution in [0.1, 0.15) is 58.6 Å². The van der Waals surface area contributed by atoms with Crippen molar-refractivity contribution in [3.05, 3.63) is 36.5 Å². The second-order valence-corrected chi connectivity index (χ2v) is 11.5. The van der Waals surface area contributed by atoms with Crippen molar-refractivity contribution in [3.8, 4) is 0 Å². The highest BCUT2D eigenvalue weighted by Crippen LogP contribution is 2.38. The van der Waals surface area contributed by atoms with E-state index in [0.29, 0.717) is 23.0 Å². The van der Waals surface area contributed by atoms with Gasteiger partial charge in [-0.05, 0) is 85.1 Å². The molecule has 2 fully saturated rings. The molecule has 2 aromatic rings. The van der Waals surface area contributed by atoms with Gasteiger partial charge in [-0.3, -0.25) is 0 Å². The number of alkyl carbamates (subject to hydrolysis) is 1. The first-order chi connectivity index (χ1) is 17.8. The molecule has 1 aromatic heterocycles. The number of nitrogens with one attached hydrogen (secondary N) is 3. The number of fused-ring (bicyclic) bond motifs is 1. The number of allylic oxidation sites excluding steroid dienone is 1. The van der Waals surface area contributed by atoms with E-state index in [-0.39, 0.29) is 23.8 Å². The van der Waals surface area contributed by atoms with Gasteiger partial charge in [-0.25, -0.2) is 9.78 Å². The van der Waals surface area contributed by atoms with E-state index in [1.807, 2.05) is 12.1 Å². The topological polar surface area (TPSA) is 78.5 Å². The molecule has 1 amide bonds. The predicted molar refractivity (Wildman–Crippen MR) is 145 cm³/mol. The van der Waals surface area contributed by atoms with Crippen molar-refractivity contribution < 1.29 is 22.7 Å². The van der Waals surface area contributed by atoms with E-state index in [4.69, 9.17) is 4.74 Å². The number of piperidine rings is 1. The SMILES string of the molecule is C=C(c1nc(NC2CCC(NC(=O)OC(C)(C)C)C2)cc2c(NC3CCN(C)CC3)cccc12)C(F)(F)F. The Morgan fingerprint density at radius 2 is 1.71 bits per heavy atom. The van der Waals surface area contributed by atoms with Gasteiger partial charge in [0.25, 0.3) is 0 Å². The molecule has 10 heteroatoms. The van der Waals surface area contributed by atoms with Crippen molar-refractivity contribution in [2.45, 2.75) is 82.8 Å². The minimum atomic E-state index is -4.61. The maximum absolute atomic E-state index is 13.8. The summed E-state index contributed by atoms with van der Waals surface area (Å²) < 4.78 is 46.6. The minimum Gasteiger partial charge on any atom is -0.444 e. The average molecular weight is 534 g/mol. The van der Waals surface area contributed by atoms with Crippen molar-refractivity contribution >= 4 is 33.9 Å². The Bertz CT molecular complexity index is 1170. The van der Waals surface area contributed by atoms with Crippen LogP contribution in [0.2, 0.25) is 0 Å². The van der Waals surface area contributed by atoms with Crippen LogP contribution >= 0.6 is 0 Å². The first-order valence-electron chi connectivity index (χ1n) is 13.2. The third-order valence-electron chi connectivity index (χ3n) is 7.09. The lowest BCUT2D eigenvalue weighted by atomic mass is 10.0. The molecule has 1 saturated carbocycles. The van der Waals surface area contributed by atoms with Crippen molar-refractivity contribution in [1.82, 2.24) is 15.2 Å². The Hall–Kier alpha value is -3.01. The number of likely N-dealkylation sites (tertiary alicyclic amines) is 1. The van der Waals surface area contributed by atoms with Gasteiger partial charge in [0.15, 0.2) is 0 Å². The number of aromatic nitrogens is 1. The number of hydrogen-bond donors (Lipinski definition) is 3. The third-order valence-corrected chi connectivity index (χ3v) is 7.09. The molecule has 7 nitrogen and oxygen atoms in total. The second-order valence-electron chi connectivity index (χ2n) is 11.5. The molecule has 1 aliphatic heterocycles. The van der Waals surface area contributed by atoms with Crippen LogP contribution in [-0.2, 0) is 4.74 Å². The number of carbonyl (C=O) groups excluding carboxylic acids is 1. The van der Waals surface area contributed by atoms with Crippen LogP contribution in [0.5, 0.6) is 0 Å². The summed E-state index contributed by atoms with van der Waals surface area (Å²) in [6.07, 6.45) is -1.07. The lowest BCUT2D eigenvalue weighted by molar-refractivity contribution is -0.0688. The maximum Gasteiger partial charge on any atom is 0.417 e. The Balaban J connectivity index is 1.58. The van der Waals surface area contributed by atoms with Gasteiger partial charge < -0.3 is 25.6 Å². The molecule has 0 spiro atoms. The fourth-order valence-corrected chi connectivity index (χ4v) is 5.14. The van der Waals surface area contributed by atoms with Gasteiger partial charge in [-0.15, -0.1) is 0 Å². The zero-order valence-electron chi connectivity index (χ0n) is 22.5. The van der Waals surface area contributed by atoms with Crippen molar-refractivity contribution in [2.24, 2.45) is 0 Å². The van der Waals surface area contributed by atoms with E-state index in [1.54, 1.807) is 32.9 Å². The highest BCUT2D eigenvalue weighted by molar-refractivity contribution is 6.01. The van der Waals surface area contributed by atoms with Gasteiger partial charge in [0.05, 0.1) is 11.3 Å². The number of ether oxygens (including phenoxy) is 1. The lowest BCUT2D eigenvalue weighted by Crippen LogP contribution is -2.38. The molecule has 2 atom stereocenters. The van der Waals surface area contributed by atoms with Crippen LogP contribution in [0.4, 0.5) is 29.5 Å². The number of pyridine rings is 1. The Morgan fingerprint density at radius 3 is 2.37 bits per heavy atom. The first-order valence-corrected chi connectivity index (χ1v) is 13.2. The third kappa shape index (κ3) is 7.09. The fraction of sp³-hybridized carbons (Fsp3) is 0.571.